The van der Waals surface area contributed by atoms with E-state index in [9.17, 15) is 20.1 Å². The number of carbonyl (C=O) groups is 1. The lowest BCUT2D eigenvalue weighted by Crippen LogP contribution is -2.71. The van der Waals surface area contributed by atoms with Crippen LogP contribution < -0.4 is 5.32 Å². The first-order valence-corrected chi connectivity index (χ1v) is 5.97. The highest BCUT2D eigenvalue weighted by Crippen LogP contribution is 2.32. The van der Waals surface area contributed by atoms with Gasteiger partial charge in [0.1, 0.15) is 23.9 Å². The van der Waals surface area contributed by atoms with Gasteiger partial charge in [-0.2, -0.15) is 0 Å². The van der Waals surface area contributed by atoms with E-state index in [1.807, 2.05) is 0 Å². The summed E-state index contributed by atoms with van der Waals surface area (Å²) in [5.41, 5.74) is -1.85. The van der Waals surface area contributed by atoms with Crippen LogP contribution in [-0.4, -0.2) is 76.8 Å². The molecule has 0 aliphatic carbocycles. The lowest BCUT2D eigenvalue weighted by Gasteiger charge is -2.48. The maximum absolute atomic E-state index is 11.1. The van der Waals surface area contributed by atoms with Crippen LogP contribution in [0.15, 0.2) is 0 Å². The molecule has 0 aromatic rings. The first kappa shape index (κ1) is 16.3. The Balaban J connectivity index is 2.99. The summed E-state index contributed by atoms with van der Waals surface area (Å²) in [6.07, 6.45) is -4.17. The Morgan fingerprint density at radius 3 is 2.58 bits per heavy atom. The molecule has 1 saturated heterocycles. The molecule has 112 valence electrons. The Morgan fingerprint density at radius 1 is 1.47 bits per heavy atom. The summed E-state index contributed by atoms with van der Waals surface area (Å²) in [7, 11) is 1.42. The van der Waals surface area contributed by atoms with Crippen LogP contribution in [0, 0.1) is 0 Å². The Labute approximate surface area is 110 Å². The molecular formula is C11H21NO7. The molecule has 5 atom stereocenters. The van der Waals surface area contributed by atoms with E-state index < -0.39 is 42.7 Å². The van der Waals surface area contributed by atoms with E-state index in [4.69, 9.17) is 14.6 Å². The Hall–Kier alpha value is -0.770. The monoisotopic (exact) mass is 279 g/mol. The van der Waals surface area contributed by atoms with Crippen LogP contribution in [-0.2, 0) is 14.3 Å². The van der Waals surface area contributed by atoms with Gasteiger partial charge < -0.3 is 35.2 Å². The van der Waals surface area contributed by atoms with Crippen molar-refractivity contribution in [3.63, 3.8) is 0 Å². The fraction of sp³-hybridized carbons (Fsp3) is 0.909. The molecule has 19 heavy (non-hydrogen) atoms. The highest BCUT2D eigenvalue weighted by atomic mass is 16.6. The van der Waals surface area contributed by atoms with Crippen molar-refractivity contribution in [3.8, 4) is 0 Å². The summed E-state index contributed by atoms with van der Waals surface area (Å²) in [6, 6.07) is -1.21. The quantitative estimate of drug-likeness (QED) is 0.371. The normalized spacial score (nSPS) is 39.1. The fourth-order valence-corrected chi connectivity index (χ4v) is 2.21. The summed E-state index contributed by atoms with van der Waals surface area (Å²) in [4.78, 5) is 11.1. The van der Waals surface area contributed by atoms with Crippen LogP contribution in [0.1, 0.15) is 13.3 Å². The molecule has 1 amide bonds. The van der Waals surface area contributed by atoms with Crippen LogP contribution in [0.25, 0.3) is 0 Å². The summed E-state index contributed by atoms with van der Waals surface area (Å²) in [5, 5.41) is 41.9. The zero-order chi connectivity index (χ0) is 14.6. The third-order valence-corrected chi connectivity index (χ3v) is 3.25. The van der Waals surface area contributed by atoms with Gasteiger partial charge in [-0.15, -0.1) is 0 Å². The van der Waals surface area contributed by atoms with Gasteiger partial charge in [0.25, 0.3) is 0 Å². The minimum absolute atomic E-state index is 0.0352. The highest BCUT2D eigenvalue weighted by Gasteiger charge is 2.55. The summed E-state index contributed by atoms with van der Waals surface area (Å²) in [5.74, 6) is -0.488. The molecule has 0 saturated carbocycles. The smallest absolute Gasteiger partial charge is 0.217 e. The number of hydrogen-bond acceptors (Lipinski definition) is 7. The van der Waals surface area contributed by atoms with E-state index in [0.717, 1.165) is 0 Å². The number of rotatable bonds is 5. The van der Waals surface area contributed by atoms with Crippen LogP contribution in [0.2, 0.25) is 0 Å². The van der Waals surface area contributed by atoms with Crippen molar-refractivity contribution in [1.29, 1.82) is 0 Å². The SMILES string of the molecule is COCCC1(O)C(NC(C)=O)[C@H](O)OC(CO)[C@H]1O. The predicted octanol–water partition coefficient (Wildman–Crippen LogP) is -2.67. The number of aliphatic hydroxyl groups excluding tert-OH is 3. The zero-order valence-corrected chi connectivity index (χ0v) is 10.9. The van der Waals surface area contributed by atoms with E-state index in [1.165, 1.54) is 14.0 Å². The average molecular weight is 279 g/mol. The molecule has 1 aliphatic rings. The third kappa shape index (κ3) is 3.41. The second-order valence-electron chi connectivity index (χ2n) is 4.60. The van der Waals surface area contributed by atoms with Crippen molar-refractivity contribution < 1.29 is 34.7 Å². The van der Waals surface area contributed by atoms with Crippen molar-refractivity contribution in [2.75, 3.05) is 20.3 Å². The van der Waals surface area contributed by atoms with Crippen molar-refractivity contribution in [2.24, 2.45) is 0 Å². The Bertz CT molecular complexity index is 313. The first-order chi connectivity index (χ1) is 8.86. The van der Waals surface area contributed by atoms with E-state index in [-0.39, 0.29) is 13.0 Å². The molecular weight excluding hydrogens is 258 g/mol. The topological polar surface area (TPSA) is 128 Å². The highest BCUT2D eigenvalue weighted by molar-refractivity contribution is 5.73. The number of nitrogens with one attached hydrogen (secondary N) is 1. The number of ether oxygens (including phenoxy) is 2. The number of carbonyl (C=O) groups excluding carboxylic acids is 1. The van der Waals surface area contributed by atoms with E-state index in [2.05, 4.69) is 5.32 Å². The minimum Gasteiger partial charge on any atom is -0.394 e. The molecule has 0 spiro atoms. The molecule has 8 heteroatoms. The van der Waals surface area contributed by atoms with Gasteiger partial charge in [-0.3, -0.25) is 4.79 Å². The van der Waals surface area contributed by atoms with Gasteiger partial charge in [-0.05, 0) is 0 Å². The van der Waals surface area contributed by atoms with Gasteiger partial charge in [0.2, 0.25) is 5.91 Å². The number of aliphatic hydroxyl groups is 4. The number of methoxy groups -OCH3 is 1. The maximum Gasteiger partial charge on any atom is 0.217 e. The minimum atomic E-state index is -1.85. The third-order valence-electron chi connectivity index (χ3n) is 3.25. The molecule has 8 nitrogen and oxygen atoms in total. The van der Waals surface area contributed by atoms with Crippen LogP contribution in [0.5, 0.6) is 0 Å². The average Bonchev–Trinajstić information content (AvgIpc) is 2.36. The van der Waals surface area contributed by atoms with Gasteiger partial charge in [-0.25, -0.2) is 0 Å². The molecule has 1 fully saturated rings. The molecule has 3 unspecified atom stereocenters. The van der Waals surface area contributed by atoms with Crippen molar-refractivity contribution in [2.45, 2.75) is 43.5 Å². The molecule has 0 bridgehead atoms. The molecule has 0 aromatic carbocycles. The lowest BCUT2D eigenvalue weighted by atomic mass is 9.80. The Kier molecular flexibility index (Phi) is 5.65. The van der Waals surface area contributed by atoms with Crippen molar-refractivity contribution in [1.82, 2.24) is 5.32 Å². The second kappa shape index (κ2) is 6.60. The molecule has 1 rings (SSSR count). The van der Waals surface area contributed by atoms with Gasteiger partial charge in [-0.1, -0.05) is 0 Å². The van der Waals surface area contributed by atoms with Gasteiger partial charge in [0.05, 0.1) is 6.61 Å². The Morgan fingerprint density at radius 2 is 2.11 bits per heavy atom. The van der Waals surface area contributed by atoms with Crippen molar-refractivity contribution in [3.05, 3.63) is 0 Å². The van der Waals surface area contributed by atoms with Gasteiger partial charge in [0.15, 0.2) is 6.29 Å². The van der Waals surface area contributed by atoms with E-state index in [1.54, 1.807) is 0 Å². The maximum atomic E-state index is 11.1. The fourth-order valence-electron chi connectivity index (χ4n) is 2.21. The predicted molar refractivity (Wildman–Crippen MR) is 63.0 cm³/mol. The largest absolute Gasteiger partial charge is 0.394 e. The molecule has 1 aliphatic heterocycles. The zero-order valence-electron chi connectivity index (χ0n) is 10.9. The number of amides is 1. The summed E-state index contributed by atoms with van der Waals surface area (Å²) < 4.78 is 9.82. The second-order valence-corrected chi connectivity index (χ2v) is 4.60. The number of hydrogen-bond donors (Lipinski definition) is 5. The van der Waals surface area contributed by atoms with E-state index >= 15 is 0 Å². The summed E-state index contributed by atoms with van der Waals surface area (Å²) >= 11 is 0. The van der Waals surface area contributed by atoms with Crippen molar-refractivity contribution >= 4 is 5.91 Å². The molecule has 1 heterocycles. The molecule has 0 radical (unpaired) electrons. The molecule has 5 N–H and O–H groups in total. The van der Waals surface area contributed by atoms with Crippen LogP contribution >= 0.6 is 0 Å². The standard InChI is InChI=1S/C11H21NO7/c1-6(14)12-8-10(16)19-7(5-13)9(15)11(8,17)3-4-18-2/h7-10,13,15-17H,3-5H2,1-2H3,(H,12,14)/t7?,8?,9-,10-,11?/m1/s1. The van der Waals surface area contributed by atoms with Crippen LogP contribution in [0.3, 0.4) is 0 Å². The van der Waals surface area contributed by atoms with Gasteiger partial charge >= 0.3 is 0 Å². The van der Waals surface area contributed by atoms with Crippen LogP contribution in [0.4, 0.5) is 0 Å². The lowest BCUT2D eigenvalue weighted by molar-refractivity contribution is -0.290. The molecule has 0 aromatic heterocycles. The first-order valence-electron chi connectivity index (χ1n) is 5.97. The van der Waals surface area contributed by atoms with Gasteiger partial charge in [0, 0.05) is 27.1 Å². The van der Waals surface area contributed by atoms with E-state index in [0.29, 0.717) is 0 Å². The summed E-state index contributed by atoms with van der Waals surface area (Å²) in [6.45, 7) is 0.753.